The van der Waals surface area contributed by atoms with Crippen molar-refractivity contribution in [2.75, 3.05) is 0 Å². The van der Waals surface area contributed by atoms with E-state index >= 15 is 0 Å². The van der Waals surface area contributed by atoms with Crippen LogP contribution in [0.25, 0.3) is 0 Å². The first-order valence-corrected chi connectivity index (χ1v) is 5.76. The molecule has 0 aliphatic heterocycles. The van der Waals surface area contributed by atoms with E-state index in [1.54, 1.807) is 6.07 Å². The number of halogens is 2. The summed E-state index contributed by atoms with van der Waals surface area (Å²) in [4.78, 5) is 0. The predicted octanol–water partition coefficient (Wildman–Crippen LogP) is 5.14. The number of benzene rings is 1. The van der Waals surface area contributed by atoms with Crippen molar-refractivity contribution in [3.63, 3.8) is 0 Å². The molecule has 1 atom stereocenters. The zero-order valence-corrected chi connectivity index (χ0v) is 10.4. The van der Waals surface area contributed by atoms with E-state index in [-0.39, 0.29) is 0 Å². The highest BCUT2D eigenvalue weighted by atomic mass is 35.5. The molecule has 1 rings (SSSR count). The van der Waals surface area contributed by atoms with Crippen molar-refractivity contribution in [3.05, 3.63) is 33.8 Å². The second-order valence-corrected chi connectivity index (χ2v) is 4.83. The number of hydrogen-bond acceptors (Lipinski definition) is 0. The minimum atomic E-state index is 0.547. The van der Waals surface area contributed by atoms with Crippen molar-refractivity contribution in [2.45, 2.75) is 33.1 Å². The lowest BCUT2D eigenvalue weighted by Crippen LogP contribution is -2.05. The molecule has 0 amide bonds. The van der Waals surface area contributed by atoms with Crippen LogP contribution in [-0.4, -0.2) is 0 Å². The van der Waals surface area contributed by atoms with E-state index in [2.05, 4.69) is 20.8 Å². The fourth-order valence-electron chi connectivity index (χ4n) is 1.88. The molecule has 0 unspecified atom stereocenters. The Labute approximate surface area is 96.2 Å². The molecule has 14 heavy (non-hydrogen) atoms. The van der Waals surface area contributed by atoms with Crippen molar-refractivity contribution < 1.29 is 0 Å². The van der Waals surface area contributed by atoms with Crippen molar-refractivity contribution in [2.24, 2.45) is 5.92 Å². The molecule has 0 bridgehead atoms. The molecule has 0 spiro atoms. The third-order valence-corrected chi connectivity index (χ3v) is 2.99. The zero-order chi connectivity index (χ0) is 10.7. The van der Waals surface area contributed by atoms with Crippen LogP contribution in [0, 0.1) is 5.92 Å². The highest BCUT2D eigenvalue weighted by Crippen LogP contribution is 2.31. The second kappa shape index (κ2) is 5.04. The molecule has 0 N–H and O–H groups in total. The summed E-state index contributed by atoms with van der Waals surface area (Å²) in [7, 11) is 0. The average molecular weight is 231 g/mol. The Balaban J connectivity index is 3.04. The normalized spacial score (nSPS) is 13.3. The van der Waals surface area contributed by atoms with E-state index in [1.807, 2.05) is 12.1 Å². The van der Waals surface area contributed by atoms with Gasteiger partial charge in [-0.2, -0.15) is 0 Å². The van der Waals surface area contributed by atoms with Gasteiger partial charge in [0.05, 0.1) is 0 Å². The minimum Gasteiger partial charge on any atom is -0.0843 e. The first-order chi connectivity index (χ1) is 6.54. The lowest BCUT2D eigenvalue weighted by Gasteiger charge is -2.19. The topological polar surface area (TPSA) is 0 Å². The maximum Gasteiger partial charge on any atom is 0.0423 e. The van der Waals surface area contributed by atoms with E-state index in [0.717, 1.165) is 16.5 Å². The second-order valence-electron chi connectivity index (χ2n) is 3.96. The zero-order valence-electron chi connectivity index (χ0n) is 8.85. The highest BCUT2D eigenvalue weighted by Gasteiger charge is 2.14. The fraction of sp³-hybridized carbons (Fsp3) is 0.500. The van der Waals surface area contributed by atoms with Crippen LogP contribution < -0.4 is 0 Å². The van der Waals surface area contributed by atoms with Gasteiger partial charge in [0.2, 0.25) is 0 Å². The standard InChI is InChI=1S/C12H16Cl2/c1-4-12(8(2)3)9-5-10(13)7-11(14)6-9/h5-8,12H,4H2,1-3H3/t12-/m1/s1. The first kappa shape index (κ1) is 11.9. The van der Waals surface area contributed by atoms with Gasteiger partial charge < -0.3 is 0 Å². The lowest BCUT2D eigenvalue weighted by molar-refractivity contribution is 0.485. The summed E-state index contributed by atoms with van der Waals surface area (Å²) in [6.07, 6.45) is 1.12. The van der Waals surface area contributed by atoms with Crippen LogP contribution in [0.2, 0.25) is 10.0 Å². The third kappa shape index (κ3) is 2.90. The molecule has 0 aliphatic rings. The molecule has 0 fully saturated rings. The van der Waals surface area contributed by atoms with Gasteiger partial charge in [-0.25, -0.2) is 0 Å². The summed E-state index contributed by atoms with van der Waals surface area (Å²) >= 11 is 11.9. The quantitative estimate of drug-likeness (QED) is 0.675. The molecule has 78 valence electrons. The SMILES string of the molecule is CC[C@@H](c1cc(Cl)cc(Cl)c1)C(C)C. The van der Waals surface area contributed by atoms with Crippen LogP contribution in [0.3, 0.4) is 0 Å². The molecule has 0 saturated heterocycles. The molecular weight excluding hydrogens is 215 g/mol. The molecule has 0 aliphatic carbocycles. The maximum absolute atomic E-state index is 5.97. The third-order valence-electron chi connectivity index (χ3n) is 2.56. The largest absolute Gasteiger partial charge is 0.0843 e. The lowest BCUT2D eigenvalue weighted by atomic mass is 9.86. The summed E-state index contributed by atoms with van der Waals surface area (Å²) in [5, 5.41) is 1.46. The van der Waals surface area contributed by atoms with Gasteiger partial charge in [0.25, 0.3) is 0 Å². The van der Waals surface area contributed by atoms with Crippen molar-refractivity contribution in [3.8, 4) is 0 Å². The van der Waals surface area contributed by atoms with Gasteiger partial charge >= 0.3 is 0 Å². The van der Waals surface area contributed by atoms with Crippen LogP contribution >= 0.6 is 23.2 Å². The summed E-state index contributed by atoms with van der Waals surface area (Å²) in [6, 6.07) is 5.81. The Hall–Kier alpha value is -0.200. The first-order valence-electron chi connectivity index (χ1n) is 5.00. The van der Waals surface area contributed by atoms with Gasteiger partial charge in [0.15, 0.2) is 0 Å². The molecule has 2 heteroatoms. The van der Waals surface area contributed by atoms with Gasteiger partial charge in [-0.1, -0.05) is 44.0 Å². The molecule has 0 saturated carbocycles. The molecular formula is C12H16Cl2. The van der Waals surface area contributed by atoms with E-state index in [4.69, 9.17) is 23.2 Å². The van der Waals surface area contributed by atoms with E-state index in [9.17, 15) is 0 Å². The molecule has 0 aromatic heterocycles. The van der Waals surface area contributed by atoms with Gasteiger partial charge in [0, 0.05) is 10.0 Å². The molecule has 0 heterocycles. The smallest absolute Gasteiger partial charge is 0.0423 e. The van der Waals surface area contributed by atoms with Crippen molar-refractivity contribution in [1.29, 1.82) is 0 Å². The van der Waals surface area contributed by atoms with Gasteiger partial charge in [0.1, 0.15) is 0 Å². The summed E-state index contributed by atoms with van der Waals surface area (Å²) in [5.41, 5.74) is 1.25. The molecule has 0 nitrogen and oxygen atoms in total. The molecule has 0 radical (unpaired) electrons. The van der Waals surface area contributed by atoms with Crippen molar-refractivity contribution in [1.82, 2.24) is 0 Å². The van der Waals surface area contributed by atoms with Crippen molar-refractivity contribution >= 4 is 23.2 Å². The highest BCUT2D eigenvalue weighted by molar-refractivity contribution is 6.34. The number of rotatable bonds is 3. The summed E-state index contributed by atoms with van der Waals surface area (Å²) in [6.45, 7) is 6.64. The van der Waals surface area contributed by atoms with Gasteiger partial charge in [-0.05, 0) is 42.0 Å². The Morgan fingerprint density at radius 2 is 1.57 bits per heavy atom. The summed E-state index contributed by atoms with van der Waals surface area (Å²) in [5.74, 6) is 1.17. The Bertz CT molecular complexity index is 285. The van der Waals surface area contributed by atoms with E-state index in [0.29, 0.717) is 11.8 Å². The monoisotopic (exact) mass is 230 g/mol. The number of hydrogen-bond donors (Lipinski definition) is 0. The van der Waals surface area contributed by atoms with Crippen LogP contribution in [-0.2, 0) is 0 Å². The van der Waals surface area contributed by atoms with E-state index in [1.165, 1.54) is 5.56 Å². The van der Waals surface area contributed by atoms with Crippen LogP contribution in [0.15, 0.2) is 18.2 Å². The fourth-order valence-corrected chi connectivity index (χ4v) is 2.42. The van der Waals surface area contributed by atoms with Gasteiger partial charge in [-0.3, -0.25) is 0 Å². The van der Waals surface area contributed by atoms with Crippen LogP contribution in [0.1, 0.15) is 38.7 Å². The van der Waals surface area contributed by atoms with E-state index < -0.39 is 0 Å². The predicted molar refractivity (Wildman–Crippen MR) is 64.3 cm³/mol. The Morgan fingerprint density at radius 1 is 1.07 bits per heavy atom. The Morgan fingerprint density at radius 3 is 1.93 bits per heavy atom. The average Bonchev–Trinajstić information content (AvgIpc) is 2.02. The summed E-state index contributed by atoms with van der Waals surface area (Å²) < 4.78 is 0. The minimum absolute atomic E-state index is 0.547. The molecule has 1 aromatic carbocycles. The van der Waals surface area contributed by atoms with Crippen LogP contribution in [0.4, 0.5) is 0 Å². The maximum atomic E-state index is 5.97. The molecule has 1 aromatic rings. The van der Waals surface area contributed by atoms with Crippen LogP contribution in [0.5, 0.6) is 0 Å². The van der Waals surface area contributed by atoms with Gasteiger partial charge in [-0.15, -0.1) is 0 Å². The Kier molecular flexibility index (Phi) is 4.28.